The van der Waals surface area contributed by atoms with Gasteiger partial charge in [-0.2, -0.15) is 5.26 Å². The summed E-state index contributed by atoms with van der Waals surface area (Å²) in [7, 11) is 1.61. The molecule has 100 valence electrons. The molecule has 0 aromatic heterocycles. The van der Waals surface area contributed by atoms with Crippen LogP contribution in [0.2, 0.25) is 0 Å². The van der Waals surface area contributed by atoms with E-state index in [0.717, 1.165) is 11.3 Å². The summed E-state index contributed by atoms with van der Waals surface area (Å²) in [6, 6.07) is 16.1. The molecule has 20 heavy (non-hydrogen) atoms. The molecule has 4 nitrogen and oxygen atoms in total. The number of methoxy groups -OCH3 is 1. The molecular formula is C16H14N2O2. The van der Waals surface area contributed by atoms with E-state index in [0.29, 0.717) is 17.7 Å². The standard InChI is InChI=1S/C16H14N2O2/c1-20-15-8-4-13(5-9-15)11-18-16(19)14-6-2-12(10-17)3-7-14/h2-9H,11H2,1H3,(H,18,19). The van der Waals surface area contributed by atoms with Crippen molar-refractivity contribution >= 4 is 5.91 Å². The van der Waals surface area contributed by atoms with Gasteiger partial charge in [-0.3, -0.25) is 4.79 Å². The number of nitrogens with zero attached hydrogens (tertiary/aromatic N) is 1. The Morgan fingerprint density at radius 3 is 2.35 bits per heavy atom. The summed E-state index contributed by atoms with van der Waals surface area (Å²) in [5.41, 5.74) is 2.07. The van der Waals surface area contributed by atoms with Crippen LogP contribution >= 0.6 is 0 Å². The zero-order valence-electron chi connectivity index (χ0n) is 11.1. The van der Waals surface area contributed by atoms with Crippen LogP contribution in [0.25, 0.3) is 0 Å². The molecule has 0 aliphatic carbocycles. The van der Waals surface area contributed by atoms with E-state index in [-0.39, 0.29) is 5.91 Å². The van der Waals surface area contributed by atoms with Crippen molar-refractivity contribution in [2.45, 2.75) is 6.54 Å². The van der Waals surface area contributed by atoms with Crippen LogP contribution in [-0.4, -0.2) is 13.0 Å². The summed E-state index contributed by atoms with van der Waals surface area (Å²) in [4.78, 5) is 11.9. The van der Waals surface area contributed by atoms with Crippen LogP contribution in [-0.2, 0) is 6.54 Å². The quantitative estimate of drug-likeness (QED) is 0.924. The molecule has 0 aliphatic rings. The molecule has 0 fully saturated rings. The van der Waals surface area contributed by atoms with Gasteiger partial charge >= 0.3 is 0 Å². The third-order valence-corrected chi connectivity index (χ3v) is 2.89. The van der Waals surface area contributed by atoms with E-state index in [2.05, 4.69) is 5.32 Å². The highest BCUT2D eigenvalue weighted by atomic mass is 16.5. The highest BCUT2D eigenvalue weighted by Crippen LogP contribution is 2.11. The number of ether oxygens (including phenoxy) is 1. The number of hydrogen-bond acceptors (Lipinski definition) is 3. The number of benzene rings is 2. The summed E-state index contributed by atoms with van der Waals surface area (Å²) in [6.45, 7) is 0.447. The Morgan fingerprint density at radius 2 is 1.80 bits per heavy atom. The lowest BCUT2D eigenvalue weighted by Gasteiger charge is -2.06. The van der Waals surface area contributed by atoms with E-state index in [1.165, 1.54) is 0 Å². The number of hydrogen-bond donors (Lipinski definition) is 1. The summed E-state index contributed by atoms with van der Waals surface area (Å²) >= 11 is 0. The minimum Gasteiger partial charge on any atom is -0.497 e. The molecule has 0 heterocycles. The lowest BCUT2D eigenvalue weighted by Crippen LogP contribution is -2.22. The fourth-order valence-electron chi connectivity index (χ4n) is 1.72. The van der Waals surface area contributed by atoms with Crippen molar-refractivity contribution in [3.05, 3.63) is 65.2 Å². The molecule has 1 N–H and O–H groups in total. The second-order valence-corrected chi connectivity index (χ2v) is 4.22. The Balaban J connectivity index is 1.95. The monoisotopic (exact) mass is 266 g/mol. The summed E-state index contributed by atoms with van der Waals surface area (Å²) in [5.74, 6) is 0.623. The Morgan fingerprint density at radius 1 is 1.15 bits per heavy atom. The first-order chi connectivity index (χ1) is 9.72. The third kappa shape index (κ3) is 3.36. The number of carbonyl (C=O) groups is 1. The number of nitriles is 1. The van der Waals surface area contributed by atoms with Gasteiger partial charge in [-0.05, 0) is 42.0 Å². The molecule has 0 saturated carbocycles. The second-order valence-electron chi connectivity index (χ2n) is 4.22. The molecule has 2 aromatic rings. The van der Waals surface area contributed by atoms with Gasteiger partial charge in [-0.25, -0.2) is 0 Å². The first kappa shape index (κ1) is 13.6. The van der Waals surface area contributed by atoms with Crippen LogP contribution in [0.5, 0.6) is 5.75 Å². The molecule has 0 spiro atoms. The topological polar surface area (TPSA) is 62.1 Å². The van der Waals surface area contributed by atoms with E-state index in [1.54, 1.807) is 31.4 Å². The van der Waals surface area contributed by atoms with Crippen LogP contribution < -0.4 is 10.1 Å². The first-order valence-corrected chi connectivity index (χ1v) is 6.14. The Kier molecular flexibility index (Phi) is 4.35. The maximum absolute atomic E-state index is 11.9. The second kappa shape index (κ2) is 6.39. The van der Waals surface area contributed by atoms with Crippen molar-refractivity contribution in [1.29, 1.82) is 5.26 Å². The van der Waals surface area contributed by atoms with Crippen molar-refractivity contribution in [2.24, 2.45) is 0 Å². The smallest absolute Gasteiger partial charge is 0.251 e. The predicted molar refractivity (Wildman–Crippen MR) is 75.3 cm³/mol. The molecule has 0 unspecified atom stereocenters. The van der Waals surface area contributed by atoms with Gasteiger partial charge in [0.25, 0.3) is 5.91 Å². The van der Waals surface area contributed by atoms with Crippen molar-refractivity contribution in [2.75, 3.05) is 7.11 Å². The van der Waals surface area contributed by atoms with E-state index in [1.807, 2.05) is 30.3 Å². The van der Waals surface area contributed by atoms with Crippen molar-refractivity contribution < 1.29 is 9.53 Å². The zero-order valence-corrected chi connectivity index (χ0v) is 11.1. The van der Waals surface area contributed by atoms with Crippen molar-refractivity contribution in [1.82, 2.24) is 5.32 Å². The van der Waals surface area contributed by atoms with Crippen molar-refractivity contribution in [3.63, 3.8) is 0 Å². The molecule has 0 radical (unpaired) electrons. The van der Waals surface area contributed by atoms with Gasteiger partial charge in [0.15, 0.2) is 0 Å². The maximum Gasteiger partial charge on any atom is 0.251 e. The van der Waals surface area contributed by atoms with E-state index in [4.69, 9.17) is 10.00 Å². The molecule has 2 aromatic carbocycles. The highest BCUT2D eigenvalue weighted by molar-refractivity contribution is 5.94. The molecule has 0 saturated heterocycles. The molecule has 0 bridgehead atoms. The van der Waals surface area contributed by atoms with Gasteiger partial charge in [0.2, 0.25) is 0 Å². The van der Waals surface area contributed by atoms with E-state index < -0.39 is 0 Å². The van der Waals surface area contributed by atoms with Crippen LogP contribution in [0, 0.1) is 11.3 Å². The minimum atomic E-state index is -0.162. The number of carbonyl (C=O) groups excluding carboxylic acids is 1. The summed E-state index contributed by atoms with van der Waals surface area (Å²) in [6.07, 6.45) is 0. The molecule has 2 rings (SSSR count). The normalized spacial score (nSPS) is 9.60. The Bertz CT molecular complexity index is 625. The van der Waals surface area contributed by atoms with Gasteiger partial charge in [0.1, 0.15) is 5.75 Å². The zero-order chi connectivity index (χ0) is 14.4. The SMILES string of the molecule is COc1ccc(CNC(=O)c2ccc(C#N)cc2)cc1. The minimum absolute atomic E-state index is 0.162. The van der Waals surface area contributed by atoms with Crippen LogP contribution in [0.15, 0.2) is 48.5 Å². The molecule has 0 atom stereocenters. The lowest BCUT2D eigenvalue weighted by molar-refractivity contribution is 0.0951. The van der Waals surface area contributed by atoms with Crippen LogP contribution in [0.3, 0.4) is 0 Å². The molecular weight excluding hydrogens is 252 g/mol. The summed E-state index contributed by atoms with van der Waals surface area (Å²) in [5, 5.41) is 11.5. The molecule has 1 amide bonds. The summed E-state index contributed by atoms with van der Waals surface area (Å²) < 4.78 is 5.07. The molecule has 0 aliphatic heterocycles. The van der Waals surface area contributed by atoms with E-state index in [9.17, 15) is 4.79 Å². The Hall–Kier alpha value is -2.80. The van der Waals surface area contributed by atoms with Crippen molar-refractivity contribution in [3.8, 4) is 11.8 Å². The largest absolute Gasteiger partial charge is 0.497 e. The van der Waals surface area contributed by atoms with Gasteiger partial charge < -0.3 is 10.1 Å². The average Bonchev–Trinajstić information content (AvgIpc) is 2.53. The number of amides is 1. The van der Waals surface area contributed by atoms with Crippen LogP contribution in [0.4, 0.5) is 0 Å². The van der Waals surface area contributed by atoms with Gasteiger partial charge in [0.05, 0.1) is 18.7 Å². The van der Waals surface area contributed by atoms with Gasteiger partial charge in [-0.1, -0.05) is 12.1 Å². The lowest BCUT2D eigenvalue weighted by atomic mass is 10.1. The van der Waals surface area contributed by atoms with Crippen LogP contribution in [0.1, 0.15) is 21.5 Å². The number of rotatable bonds is 4. The third-order valence-electron chi connectivity index (χ3n) is 2.89. The maximum atomic E-state index is 11.9. The number of nitrogens with one attached hydrogen (secondary N) is 1. The molecule has 4 heteroatoms. The predicted octanol–water partition coefficient (Wildman–Crippen LogP) is 2.50. The fourth-order valence-corrected chi connectivity index (χ4v) is 1.72. The first-order valence-electron chi connectivity index (χ1n) is 6.14. The van der Waals surface area contributed by atoms with Gasteiger partial charge in [-0.15, -0.1) is 0 Å². The van der Waals surface area contributed by atoms with E-state index >= 15 is 0 Å². The average molecular weight is 266 g/mol. The Labute approximate surface area is 117 Å². The van der Waals surface area contributed by atoms with Gasteiger partial charge in [0, 0.05) is 12.1 Å². The fraction of sp³-hybridized carbons (Fsp3) is 0.125. The highest BCUT2D eigenvalue weighted by Gasteiger charge is 2.05.